The van der Waals surface area contributed by atoms with Gasteiger partial charge in [0, 0.05) is 6.42 Å². The molecule has 0 fully saturated rings. The number of Topliss-reactive ketones (excluding diaryl/α,β-unsaturated/α-hetero) is 1. The van der Waals surface area contributed by atoms with Crippen LogP contribution in [0.4, 0.5) is 0 Å². The Kier molecular flexibility index (Phi) is 3.64. The molecule has 0 saturated heterocycles. The number of rotatable bonds is 4. The molecule has 0 aliphatic rings. The Morgan fingerprint density at radius 3 is 2.40 bits per heavy atom. The van der Waals surface area contributed by atoms with Gasteiger partial charge < -0.3 is 10.8 Å². The van der Waals surface area contributed by atoms with Crippen molar-refractivity contribution < 1.29 is 14.7 Å². The van der Waals surface area contributed by atoms with Gasteiger partial charge in [0.2, 0.25) is 0 Å². The smallest absolute Gasteiger partial charge is 0.303 e. The van der Waals surface area contributed by atoms with E-state index in [-0.39, 0.29) is 18.6 Å². The second-order valence-corrected chi connectivity index (χ2v) is 2.15. The fraction of sp³-hybridized carbons (Fsp3) is 0.667. The van der Waals surface area contributed by atoms with E-state index in [1.165, 1.54) is 6.92 Å². The maximum absolute atomic E-state index is 10.4. The predicted octanol–water partition coefficient (Wildman–Crippen LogP) is -0.233. The second-order valence-electron chi connectivity index (χ2n) is 2.15. The first-order chi connectivity index (χ1) is 4.54. The van der Waals surface area contributed by atoms with Crippen LogP contribution in [0.2, 0.25) is 0 Å². The molecule has 0 aliphatic carbocycles. The zero-order chi connectivity index (χ0) is 8.15. The lowest BCUT2D eigenvalue weighted by molar-refractivity contribution is -0.137. The molecule has 0 amide bonds. The van der Waals surface area contributed by atoms with Crippen LogP contribution in [0.3, 0.4) is 0 Å². The van der Waals surface area contributed by atoms with E-state index >= 15 is 0 Å². The summed E-state index contributed by atoms with van der Waals surface area (Å²) in [5.41, 5.74) is 5.25. The predicted molar refractivity (Wildman–Crippen MR) is 35.5 cm³/mol. The average Bonchev–Trinajstić information content (AvgIpc) is 1.82. The molecular weight excluding hydrogens is 134 g/mol. The number of ketones is 1. The largest absolute Gasteiger partial charge is 0.481 e. The van der Waals surface area contributed by atoms with Gasteiger partial charge in [0.25, 0.3) is 0 Å². The van der Waals surface area contributed by atoms with Crippen molar-refractivity contribution in [2.45, 2.75) is 25.8 Å². The van der Waals surface area contributed by atoms with Gasteiger partial charge in [-0.25, -0.2) is 0 Å². The van der Waals surface area contributed by atoms with Crippen LogP contribution < -0.4 is 5.73 Å². The van der Waals surface area contributed by atoms with Gasteiger partial charge in [-0.2, -0.15) is 0 Å². The number of nitrogens with two attached hydrogens (primary N) is 1. The monoisotopic (exact) mass is 145 g/mol. The minimum absolute atomic E-state index is 0.0409. The highest BCUT2D eigenvalue weighted by Gasteiger charge is 2.09. The minimum atomic E-state index is -0.920. The van der Waals surface area contributed by atoms with Gasteiger partial charge in [-0.1, -0.05) is 0 Å². The summed E-state index contributed by atoms with van der Waals surface area (Å²) in [6.45, 7) is 1.35. The van der Waals surface area contributed by atoms with Crippen molar-refractivity contribution in [2.75, 3.05) is 0 Å². The zero-order valence-electron chi connectivity index (χ0n) is 5.83. The topological polar surface area (TPSA) is 80.4 Å². The van der Waals surface area contributed by atoms with Crippen molar-refractivity contribution in [3.8, 4) is 0 Å². The van der Waals surface area contributed by atoms with Gasteiger partial charge in [0.15, 0.2) is 0 Å². The molecular formula is C6H11NO3. The van der Waals surface area contributed by atoms with E-state index in [0.29, 0.717) is 0 Å². The molecule has 0 aromatic carbocycles. The summed E-state index contributed by atoms with van der Waals surface area (Å²) in [5, 5.41) is 8.18. The summed E-state index contributed by atoms with van der Waals surface area (Å²) in [6.07, 6.45) is 0.186. The molecule has 1 unspecified atom stereocenters. The van der Waals surface area contributed by atoms with Crippen LogP contribution in [-0.4, -0.2) is 22.9 Å². The Labute approximate surface area is 59.0 Å². The van der Waals surface area contributed by atoms with E-state index < -0.39 is 12.0 Å². The summed E-state index contributed by atoms with van der Waals surface area (Å²) < 4.78 is 0. The van der Waals surface area contributed by atoms with E-state index in [1.54, 1.807) is 0 Å². The first kappa shape index (κ1) is 9.10. The minimum Gasteiger partial charge on any atom is -0.481 e. The highest BCUT2D eigenvalue weighted by Crippen LogP contribution is 1.94. The molecule has 0 radical (unpaired) electrons. The highest BCUT2D eigenvalue weighted by molar-refractivity contribution is 5.81. The first-order valence-electron chi connectivity index (χ1n) is 3.02. The molecule has 0 saturated carbocycles. The quantitative estimate of drug-likeness (QED) is 0.572. The zero-order valence-corrected chi connectivity index (χ0v) is 5.83. The Morgan fingerprint density at radius 2 is 2.10 bits per heavy atom. The van der Waals surface area contributed by atoms with E-state index in [0.717, 1.165) is 0 Å². The molecule has 0 spiro atoms. The maximum Gasteiger partial charge on any atom is 0.303 e. The van der Waals surface area contributed by atoms with Crippen molar-refractivity contribution in [1.82, 2.24) is 0 Å². The van der Waals surface area contributed by atoms with Crippen LogP contribution in [-0.2, 0) is 9.59 Å². The van der Waals surface area contributed by atoms with E-state index in [4.69, 9.17) is 10.8 Å². The van der Waals surface area contributed by atoms with Crippen molar-refractivity contribution in [1.29, 1.82) is 0 Å². The highest BCUT2D eigenvalue weighted by atomic mass is 16.4. The lowest BCUT2D eigenvalue weighted by Gasteiger charge is -2.03. The third kappa shape index (κ3) is 4.03. The molecule has 0 aliphatic heterocycles. The van der Waals surface area contributed by atoms with Crippen molar-refractivity contribution in [3.63, 3.8) is 0 Å². The third-order valence-electron chi connectivity index (χ3n) is 1.19. The Balaban J connectivity index is 3.49. The number of carbonyl (C=O) groups excluding carboxylic acids is 1. The molecule has 58 valence electrons. The van der Waals surface area contributed by atoms with Gasteiger partial charge in [-0.3, -0.25) is 9.59 Å². The number of carboxylic acid groups (broad SMARTS) is 1. The van der Waals surface area contributed by atoms with Crippen LogP contribution >= 0.6 is 0 Å². The van der Waals surface area contributed by atoms with Crippen molar-refractivity contribution >= 4 is 11.8 Å². The number of aliphatic carboxylic acids is 1. The number of carbonyl (C=O) groups is 2. The maximum atomic E-state index is 10.4. The standard InChI is InChI=1S/C6H11NO3/c1-4(8)5(7)2-3-6(9)10/h5H,2-3,7H2,1H3,(H,9,10). The molecule has 0 heterocycles. The number of hydrogen-bond donors (Lipinski definition) is 2. The molecule has 0 aromatic heterocycles. The third-order valence-corrected chi connectivity index (χ3v) is 1.19. The molecule has 3 N–H and O–H groups in total. The average molecular weight is 145 g/mol. The van der Waals surface area contributed by atoms with Crippen LogP contribution in [0.15, 0.2) is 0 Å². The summed E-state index contributed by atoms with van der Waals surface area (Å²) in [7, 11) is 0. The molecule has 0 rings (SSSR count). The normalized spacial score (nSPS) is 12.6. The van der Waals surface area contributed by atoms with Gasteiger partial charge in [0.05, 0.1) is 6.04 Å². The van der Waals surface area contributed by atoms with Crippen LogP contribution in [0, 0.1) is 0 Å². The summed E-state index contributed by atoms with van der Waals surface area (Å²) >= 11 is 0. The van der Waals surface area contributed by atoms with Crippen LogP contribution in [0.5, 0.6) is 0 Å². The van der Waals surface area contributed by atoms with Crippen molar-refractivity contribution in [3.05, 3.63) is 0 Å². The van der Waals surface area contributed by atoms with Crippen molar-refractivity contribution in [2.24, 2.45) is 5.73 Å². The molecule has 4 nitrogen and oxygen atoms in total. The molecule has 1 atom stereocenters. The summed E-state index contributed by atoms with van der Waals surface area (Å²) in [4.78, 5) is 20.4. The summed E-state index contributed by atoms with van der Waals surface area (Å²) in [5.74, 6) is -1.09. The van der Waals surface area contributed by atoms with E-state index in [9.17, 15) is 9.59 Å². The Hall–Kier alpha value is -0.900. The van der Waals surface area contributed by atoms with E-state index in [1.807, 2.05) is 0 Å². The number of hydrogen-bond acceptors (Lipinski definition) is 3. The van der Waals surface area contributed by atoms with E-state index in [2.05, 4.69) is 0 Å². The van der Waals surface area contributed by atoms with Crippen LogP contribution in [0.1, 0.15) is 19.8 Å². The van der Waals surface area contributed by atoms with Gasteiger partial charge in [-0.15, -0.1) is 0 Å². The number of carboxylic acids is 1. The van der Waals surface area contributed by atoms with Gasteiger partial charge >= 0.3 is 5.97 Å². The van der Waals surface area contributed by atoms with Crippen LogP contribution in [0.25, 0.3) is 0 Å². The fourth-order valence-electron chi connectivity index (χ4n) is 0.482. The molecule has 0 aromatic rings. The molecule has 0 bridgehead atoms. The lowest BCUT2D eigenvalue weighted by Crippen LogP contribution is -2.28. The SMILES string of the molecule is CC(=O)C(N)CCC(=O)O. The first-order valence-corrected chi connectivity index (χ1v) is 3.02. The molecule has 10 heavy (non-hydrogen) atoms. The fourth-order valence-corrected chi connectivity index (χ4v) is 0.482. The second kappa shape index (κ2) is 4.00. The Bertz CT molecular complexity index is 144. The molecule has 4 heteroatoms. The van der Waals surface area contributed by atoms with Gasteiger partial charge in [-0.05, 0) is 13.3 Å². The summed E-state index contributed by atoms with van der Waals surface area (Å²) in [6, 6.07) is -0.615. The lowest BCUT2D eigenvalue weighted by atomic mass is 10.1. The van der Waals surface area contributed by atoms with Gasteiger partial charge in [0.1, 0.15) is 5.78 Å². The Morgan fingerprint density at radius 1 is 1.60 bits per heavy atom.